The molecule has 0 bridgehead atoms. The average Bonchev–Trinajstić information content (AvgIpc) is 2.67. The number of ether oxygens (including phenoxy) is 1. The van der Waals surface area contributed by atoms with Crippen LogP contribution in [0.15, 0.2) is 48.5 Å². The Morgan fingerprint density at radius 2 is 1.81 bits per heavy atom. The number of hydrogen-bond acceptors (Lipinski definition) is 3. The lowest BCUT2D eigenvalue weighted by Gasteiger charge is -2.34. The van der Waals surface area contributed by atoms with E-state index < -0.39 is 12.0 Å². The first-order valence-corrected chi connectivity index (χ1v) is 8.80. The Kier molecular flexibility index (Phi) is 5.56. The summed E-state index contributed by atoms with van der Waals surface area (Å²) in [6, 6.07) is 14.7. The zero-order valence-corrected chi connectivity index (χ0v) is 14.9. The van der Waals surface area contributed by atoms with Crippen LogP contribution in [0.4, 0.5) is 0 Å². The van der Waals surface area contributed by atoms with E-state index in [1.54, 1.807) is 7.11 Å². The van der Waals surface area contributed by atoms with Gasteiger partial charge < -0.3 is 14.7 Å². The first kappa shape index (κ1) is 18.0. The van der Waals surface area contributed by atoms with Gasteiger partial charge in [-0.2, -0.15) is 0 Å². The molecule has 1 unspecified atom stereocenters. The second-order valence-corrected chi connectivity index (χ2v) is 6.55. The fourth-order valence-electron chi connectivity index (χ4n) is 3.39. The molecule has 0 aliphatic carbocycles. The van der Waals surface area contributed by atoms with E-state index in [2.05, 4.69) is 0 Å². The summed E-state index contributed by atoms with van der Waals surface area (Å²) in [7, 11) is 1.63. The second kappa shape index (κ2) is 8.04. The summed E-state index contributed by atoms with van der Waals surface area (Å²) in [5.74, 6) is -0.232. The highest BCUT2D eigenvalue weighted by Gasteiger charge is 2.33. The predicted octanol–water partition coefficient (Wildman–Crippen LogP) is 3.06. The van der Waals surface area contributed by atoms with Crippen LogP contribution in [0.2, 0.25) is 0 Å². The standard InChI is InChI=1S/C21H23NO4/c1-26-18-11-9-15(10-12-18)5-4-8-20(23)22-14-17-7-3-2-6-16(17)13-19(22)21(24)25/h2-3,6-7,9-12,19H,4-5,8,13-14H2,1H3,(H,24,25). The Bertz CT molecular complexity index is 785. The SMILES string of the molecule is COc1ccc(CCCC(=O)N2Cc3ccccc3CC2C(=O)O)cc1. The number of carboxylic acids is 1. The number of amides is 1. The lowest BCUT2D eigenvalue weighted by molar-refractivity contribution is -0.151. The van der Waals surface area contributed by atoms with Gasteiger partial charge in [0.25, 0.3) is 0 Å². The molecule has 5 nitrogen and oxygen atoms in total. The highest BCUT2D eigenvalue weighted by atomic mass is 16.5. The van der Waals surface area contributed by atoms with E-state index in [0.29, 0.717) is 25.8 Å². The van der Waals surface area contributed by atoms with E-state index in [9.17, 15) is 14.7 Å². The van der Waals surface area contributed by atoms with Gasteiger partial charge in [0.1, 0.15) is 11.8 Å². The molecule has 2 aromatic rings. The van der Waals surface area contributed by atoms with Crippen molar-refractivity contribution < 1.29 is 19.4 Å². The third-order valence-corrected chi connectivity index (χ3v) is 4.87. The number of fused-ring (bicyclic) bond motifs is 1. The average molecular weight is 353 g/mol. The first-order chi connectivity index (χ1) is 12.6. The molecule has 1 amide bonds. The van der Waals surface area contributed by atoms with E-state index in [-0.39, 0.29) is 5.91 Å². The molecule has 0 saturated heterocycles. The molecule has 1 aliphatic heterocycles. The van der Waals surface area contributed by atoms with Crippen LogP contribution in [0, 0.1) is 0 Å². The predicted molar refractivity (Wildman–Crippen MR) is 98.1 cm³/mol. The number of methoxy groups -OCH3 is 1. The van der Waals surface area contributed by atoms with Crippen LogP contribution >= 0.6 is 0 Å². The number of carbonyl (C=O) groups excluding carboxylic acids is 1. The molecule has 1 N–H and O–H groups in total. The summed E-state index contributed by atoms with van der Waals surface area (Å²) in [4.78, 5) is 25.8. The van der Waals surface area contributed by atoms with E-state index in [1.165, 1.54) is 4.90 Å². The van der Waals surface area contributed by atoms with Crippen molar-refractivity contribution in [2.75, 3.05) is 7.11 Å². The molecule has 2 aromatic carbocycles. The largest absolute Gasteiger partial charge is 0.497 e. The minimum absolute atomic E-state index is 0.0968. The Morgan fingerprint density at radius 1 is 1.12 bits per heavy atom. The Morgan fingerprint density at radius 3 is 2.46 bits per heavy atom. The van der Waals surface area contributed by atoms with Crippen molar-refractivity contribution in [3.05, 3.63) is 65.2 Å². The maximum absolute atomic E-state index is 12.7. The van der Waals surface area contributed by atoms with Gasteiger partial charge in [0, 0.05) is 19.4 Å². The van der Waals surface area contributed by atoms with Crippen molar-refractivity contribution in [3.63, 3.8) is 0 Å². The highest BCUT2D eigenvalue weighted by molar-refractivity contribution is 5.84. The lowest BCUT2D eigenvalue weighted by Crippen LogP contribution is -2.48. The number of aliphatic carboxylic acids is 1. The van der Waals surface area contributed by atoms with Gasteiger partial charge in [-0.1, -0.05) is 36.4 Å². The van der Waals surface area contributed by atoms with E-state index in [0.717, 1.165) is 28.9 Å². The number of benzene rings is 2. The summed E-state index contributed by atoms with van der Waals surface area (Å²) >= 11 is 0. The van der Waals surface area contributed by atoms with Crippen molar-refractivity contribution in [2.24, 2.45) is 0 Å². The van der Waals surface area contributed by atoms with Gasteiger partial charge >= 0.3 is 5.97 Å². The van der Waals surface area contributed by atoms with Crippen molar-refractivity contribution >= 4 is 11.9 Å². The molecule has 136 valence electrons. The van der Waals surface area contributed by atoms with Crippen molar-refractivity contribution in [1.82, 2.24) is 4.90 Å². The molecular formula is C21H23NO4. The van der Waals surface area contributed by atoms with Gasteiger partial charge in [0.15, 0.2) is 0 Å². The van der Waals surface area contributed by atoms with Crippen molar-refractivity contribution in [2.45, 2.75) is 38.3 Å². The van der Waals surface area contributed by atoms with Gasteiger partial charge in [-0.25, -0.2) is 4.79 Å². The van der Waals surface area contributed by atoms with Crippen molar-refractivity contribution in [1.29, 1.82) is 0 Å². The van der Waals surface area contributed by atoms with Crippen LogP contribution in [0.25, 0.3) is 0 Å². The molecule has 26 heavy (non-hydrogen) atoms. The summed E-state index contributed by atoms with van der Waals surface area (Å²) < 4.78 is 5.14. The van der Waals surface area contributed by atoms with Gasteiger partial charge in [-0.3, -0.25) is 4.79 Å². The van der Waals surface area contributed by atoms with Crippen LogP contribution in [0.1, 0.15) is 29.5 Å². The summed E-state index contributed by atoms with van der Waals surface area (Å²) in [6.45, 7) is 0.370. The quantitative estimate of drug-likeness (QED) is 0.867. The minimum Gasteiger partial charge on any atom is -0.497 e. The third kappa shape index (κ3) is 4.04. The van der Waals surface area contributed by atoms with Crippen LogP contribution in [0.5, 0.6) is 5.75 Å². The molecule has 1 atom stereocenters. The smallest absolute Gasteiger partial charge is 0.326 e. The number of nitrogens with zero attached hydrogens (tertiary/aromatic N) is 1. The molecule has 3 rings (SSSR count). The Labute approximate surface area is 153 Å². The fraction of sp³-hybridized carbons (Fsp3) is 0.333. The maximum atomic E-state index is 12.7. The molecule has 0 radical (unpaired) electrons. The summed E-state index contributed by atoms with van der Waals surface area (Å²) in [5.41, 5.74) is 3.19. The number of carboxylic acid groups (broad SMARTS) is 1. The minimum atomic E-state index is -0.942. The van der Waals surface area contributed by atoms with E-state index >= 15 is 0 Å². The maximum Gasteiger partial charge on any atom is 0.326 e. The summed E-state index contributed by atoms with van der Waals surface area (Å²) in [5, 5.41) is 9.53. The zero-order chi connectivity index (χ0) is 18.5. The molecule has 5 heteroatoms. The normalized spacial score (nSPS) is 16.0. The Balaban J connectivity index is 1.61. The first-order valence-electron chi connectivity index (χ1n) is 8.80. The van der Waals surface area contributed by atoms with Gasteiger partial charge in [-0.15, -0.1) is 0 Å². The number of aryl methyl sites for hydroxylation is 1. The van der Waals surface area contributed by atoms with Crippen LogP contribution in [0.3, 0.4) is 0 Å². The van der Waals surface area contributed by atoms with Crippen LogP contribution in [-0.2, 0) is 29.0 Å². The molecule has 1 heterocycles. The molecule has 0 fully saturated rings. The summed E-state index contributed by atoms with van der Waals surface area (Å²) in [6.07, 6.45) is 2.18. The van der Waals surface area contributed by atoms with E-state index in [1.807, 2.05) is 48.5 Å². The molecular weight excluding hydrogens is 330 g/mol. The lowest BCUT2D eigenvalue weighted by atomic mass is 9.93. The third-order valence-electron chi connectivity index (χ3n) is 4.87. The second-order valence-electron chi connectivity index (χ2n) is 6.55. The van der Waals surface area contributed by atoms with Crippen LogP contribution in [-0.4, -0.2) is 35.0 Å². The van der Waals surface area contributed by atoms with Gasteiger partial charge in [0.05, 0.1) is 7.11 Å². The topological polar surface area (TPSA) is 66.8 Å². The zero-order valence-electron chi connectivity index (χ0n) is 14.9. The van der Waals surface area contributed by atoms with E-state index in [4.69, 9.17) is 4.74 Å². The number of carbonyl (C=O) groups is 2. The Hall–Kier alpha value is -2.82. The fourth-order valence-corrected chi connectivity index (χ4v) is 3.39. The molecule has 0 aromatic heterocycles. The van der Waals surface area contributed by atoms with Gasteiger partial charge in [0.2, 0.25) is 5.91 Å². The van der Waals surface area contributed by atoms with Crippen LogP contribution < -0.4 is 4.74 Å². The van der Waals surface area contributed by atoms with Gasteiger partial charge in [-0.05, 0) is 41.7 Å². The number of hydrogen-bond donors (Lipinski definition) is 1. The number of rotatable bonds is 6. The van der Waals surface area contributed by atoms with Crippen molar-refractivity contribution in [3.8, 4) is 5.75 Å². The molecule has 1 aliphatic rings. The molecule has 0 spiro atoms. The molecule has 0 saturated carbocycles. The highest BCUT2D eigenvalue weighted by Crippen LogP contribution is 2.24. The monoisotopic (exact) mass is 353 g/mol.